The van der Waals surface area contributed by atoms with Crippen LogP contribution in [0.25, 0.3) is 0 Å². The van der Waals surface area contributed by atoms with Crippen LogP contribution < -0.4 is 0 Å². The average molecular weight is 1300 g/mol. The highest BCUT2D eigenvalue weighted by Crippen LogP contribution is 2.45. The molecule has 0 rings (SSSR count). The van der Waals surface area contributed by atoms with Crippen molar-refractivity contribution in [3.8, 4) is 0 Å². The molecule has 3 unspecified atom stereocenters. The molecular formula is C69H134O17P2. The van der Waals surface area contributed by atoms with Crippen LogP contribution in [0, 0.1) is 11.8 Å². The number of aliphatic hydroxyl groups is 1. The molecule has 0 heterocycles. The SMILES string of the molecule is CCCCCCCCCCCCCCCCCC(=O)O[C@H](COC(=O)CCCCCCCCCCCCCC(C)C)COP(=O)(O)OC[C@@H](O)COP(=O)(O)OC[C@@H](COC(=O)CCCCCCCCCCC)OC(=O)CCCCCCCCC(C)CC. The normalized spacial score (nSPS) is 14.5. The van der Waals surface area contributed by atoms with E-state index >= 15 is 0 Å². The van der Waals surface area contributed by atoms with Crippen LogP contribution in [-0.4, -0.2) is 96.7 Å². The maximum Gasteiger partial charge on any atom is 0.472 e. The van der Waals surface area contributed by atoms with Gasteiger partial charge in [0, 0.05) is 25.7 Å². The number of phosphoric ester groups is 2. The Morgan fingerprint density at radius 2 is 0.580 bits per heavy atom. The molecule has 17 nitrogen and oxygen atoms in total. The molecule has 0 aliphatic carbocycles. The monoisotopic (exact) mass is 1300 g/mol. The standard InChI is InChI=1S/C69H134O17P2/c1-7-10-12-14-16-18-19-20-21-22-25-30-34-41-47-53-68(73)85-64(57-80-67(72)52-46-40-33-29-26-23-24-28-31-37-43-49-61(4)5)59-83-87(75,76)81-55-63(70)56-82-88(77,78)84-60-65(58-79-66(71)51-45-39-32-27-17-15-13-11-8-2)86-69(74)54-48-42-36-35-38-44-50-62(6)9-3/h61-65,70H,7-60H2,1-6H3,(H,75,76)(H,77,78)/t62?,63-,64-,65-/m1/s1. The van der Waals surface area contributed by atoms with Crippen LogP contribution in [0.5, 0.6) is 0 Å². The second kappa shape index (κ2) is 61.3. The summed E-state index contributed by atoms with van der Waals surface area (Å²) >= 11 is 0. The van der Waals surface area contributed by atoms with Crippen molar-refractivity contribution in [3.05, 3.63) is 0 Å². The van der Waals surface area contributed by atoms with E-state index in [4.69, 9.17) is 37.0 Å². The molecule has 0 aromatic carbocycles. The van der Waals surface area contributed by atoms with Crippen molar-refractivity contribution in [2.45, 2.75) is 368 Å². The third-order valence-corrected chi connectivity index (χ3v) is 18.2. The van der Waals surface area contributed by atoms with Crippen molar-refractivity contribution >= 4 is 39.5 Å². The predicted molar refractivity (Wildman–Crippen MR) is 354 cm³/mol. The quantitative estimate of drug-likeness (QED) is 0.0222. The van der Waals surface area contributed by atoms with Crippen LogP contribution in [-0.2, 0) is 65.4 Å². The first-order valence-corrected chi connectivity index (χ1v) is 39.0. The molecule has 0 spiro atoms. The molecule has 0 aromatic heterocycles. The van der Waals surface area contributed by atoms with Crippen LogP contribution in [0.4, 0.5) is 0 Å². The fraction of sp³-hybridized carbons (Fsp3) is 0.942. The lowest BCUT2D eigenvalue weighted by Crippen LogP contribution is -2.30. The van der Waals surface area contributed by atoms with Gasteiger partial charge in [-0.3, -0.25) is 37.3 Å². The Balaban J connectivity index is 5.24. The van der Waals surface area contributed by atoms with E-state index in [1.165, 1.54) is 167 Å². The molecule has 522 valence electrons. The van der Waals surface area contributed by atoms with Crippen molar-refractivity contribution in [3.63, 3.8) is 0 Å². The summed E-state index contributed by atoms with van der Waals surface area (Å²) in [6.45, 7) is 9.48. The molecule has 6 atom stereocenters. The van der Waals surface area contributed by atoms with E-state index in [-0.39, 0.29) is 25.7 Å². The number of unbranched alkanes of at least 4 members (excludes halogenated alkanes) is 37. The van der Waals surface area contributed by atoms with Crippen molar-refractivity contribution in [1.29, 1.82) is 0 Å². The van der Waals surface area contributed by atoms with Gasteiger partial charge in [0.05, 0.1) is 26.4 Å². The highest BCUT2D eigenvalue weighted by molar-refractivity contribution is 7.47. The first kappa shape index (κ1) is 86.1. The Kier molecular flexibility index (Phi) is 59.9. The van der Waals surface area contributed by atoms with Crippen molar-refractivity contribution in [1.82, 2.24) is 0 Å². The molecule has 0 saturated heterocycles. The van der Waals surface area contributed by atoms with E-state index in [0.29, 0.717) is 25.7 Å². The minimum atomic E-state index is -4.95. The summed E-state index contributed by atoms with van der Waals surface area (Å²) in [5.41, 5.74) is 0. The second-order valence-corrected chi connectivity index (χ2v) is 28.5. The van der Waals surface area contributed by atoms with Crippen LogP contribution >= 0.6 is 15.6 Å². The molecule has 0 radical (unpaired) electrons. The predicted octanol–water partition coefficient (Wildman–Crippen LogP) is 19.6. The molecule has 3 N–H and O–H groups in total. The molecule has 0 fully saturated rings. The van der Waals surface area contributed by atoms with Gasteiger partial charge in [-0.15, -0.1) is 0 Å². The molecule has 19 heteroatoms. The fourth-order valence-electron chi connectivity index (χ4n) is 10.4. The number of hydrogen-bond donors (Lipinski definition) is 3. The zero-order valence-electron chi connectivity index (χ0n) is 57.0. The van der Waals surface area contributed by atoms with Gasteiger partial charge >= 0.3 is 39.5 Å². The number of carbonyl (C=O) groups excluding carboxylic acids is 4. The van der Waals surface area contributed by atoms with Crippen molar-refractivity contribution in [2.75, 3.05) is 39.6 Å². The van der Waals surface area contributed by atoms with E-state index in [9.17, 15) is 43.2 Å². The Hall–Kier alpha value is -1.94. The highest BCUT2D eigenvalue weighted by Gasteiger charge is 2.30. The average Bonchev–Trinajstić information content (AvgIpc) is 3.65. The third-order valence-electron chi connectivity index (χ3n) is 16.3. The Bertz CT molecular complexity index is 1720. The molecule has 0 aromatic rings. The van der Waals surface area contributed by atoms with Gasteiger partial charge in [-0.1, -0.05) is 298 Å². The number of hydrogen-bond acceptors (Lipinski definition) is 15. The van der Waals surface area contributed by atoms with Crippen LogP contribution in [0.2, 0.25) is 0 Å². The number of carbonyl (C=O) groups is 4. The third kappa shape index (κ3) is 61.6. The van der Waals surface area contributed by atoms with E-state index in [1.54, 1.807) is 0 Å². The Morgan fingerprint density at radius 1 is 0.330 bits per heavy atom. The van der Waals surface area contributed by atoms with E-state index in [1.807, 2.05) is 0 Å². The molecule has 88 heavy (non-hydrogen) atoms. The van der Waals surface area contributed by atoms with Gasteiger partial charge in [-0.2, -0.15) is 0 Å². The molecule has 0 saturated carbocycles. The summed E-state index contributed by atoms with van der Waals surface area (Å²) in [5.74, 6) is -0.637. The van der Waals surface area contributed by atoms with Gasteiger partial charge < -0.3 is 33.8 Å². The number of aliphatic hydroxyl groups excluding tert-OH is 1. The van der Waals surface area contributed by atoms with Gasteiger partial charge in [0.2, 0.25) is 0 Å². The largest absolute Gasteiger partial charge is 0.472 e. The lowest BCUT2D eigenvalue weighted by atomic mass is 10.00. The number of rotatable bonds is 68. The lowest BCUT2D eigenvalue weighted by Gasteiger charge is -2.21. The van der Waals surface area contributed by atoms with Gasteiger partial charge in [-0.25, -0.2) is 9.13 Å². The first-order valence-electron chi connectivity index (χ1n) is 36.0. The molecule has 0 aliphatic heterocycles. The van der Waals surface area contributed by atoms with Gasteiger partial charge in [0.15, 0.2) is 12.2 Å². The van der Waals surface area contributed by atoms with Crippen LogP contribution in [0.3, 0.4) is 0 Å². The smallest absolute Gasteiger partial charge is 0.462 e. The fourth-order valence-corrected chi connectivity index (χ4v) is 12.0. The van der Waals surface area contributed by atoms with E-state index in [0.717, 1.165) is 102 Å². The summed E-state index contributed by atoms with van der Waals surface area (Å²) in [6.07, 6.45) is 45.8. The summed E-state index contributed by atoms with van der Waals surface area (Å²) in [6, 6.07) is 0. The van der Waals surface area contributed by atoms with E-state index < -0.39 is 97.5 Å². The minimum absolute atomic E-state index is 0.103. The summed E-state index contributed by atoms with van der Waals surface area (Å²) in [5, 5.41) is 10.6. The zero-order chi connectivity index (χ0) is 65.0. The van der Waals surface area contributed by atoms with Crippen LogP contribution in [0.1, 0.15) is 350 Å². The summed E-state index contributed by atoms with van der Waals surface area (Å²) in [4.78, 5) is 72.4. The zero-order valence-corrected chi connectivity index (χ0v) is 58.8. The summed E-state index contributed by atoms with van der Waals surface area (Å²) < 4.78 is 68.2. The Labute approximate surface area is 537 Å². The maximum atomic E-state index is 13.0. The molecule has 0 aliphatic rings. The van der Waals surface area contributed by atoms with Crippen LogP contribution in [0.15, 0.2) is 0 Å². The molecule has 0 amide bonds. The van der Waals surface area contributed by atoms with E-state index in [2.05, 4.69) is 41.5 Å². The number of ether oxygens (including phenoxy) is 4. The Morgan fingerprint density at radius 3 is 0.864 bits per heavy atom. The topological polar surface area (TPSA) is 237 Å². The lowest BCUT2D eigenvalue weighted by molar-refractivity contribution is -0.161. The van der Waals surface area contributed by atoms with Crippen molar-refractivity contribution < 1.29 is 80.2 Å². The highest BCUT2D eigenvalue weighted by atomic mass is 31.2. The van der Waals surface area contributed by atoms with Gasteiger partial charge in [0.1, 0.15) is 19.3 Å². The number of esters is 4. The van der Waals surface area contributed by atoms with Crippen molar-refractivity contribution in [2.24, 2.45) is 11.8 Å². The van der Waals surface area contributed by atoms with Gasteiger partial charge in [-0.05, 0) is 37.5 Å². The van der Waals surface area contributed by atoms with Gasteiger partial charge in [0.25, 0.3) is 0 Å². The number of phosphoric acid groups is 2. The first-order chi connectivity index (χ1) is 42.4. The molecule has 0 bridgehead atoms. The maximum absolute atomic E-state index is 13.0. The molecular weight excluding hydrogens is 1160 g/mol. The minimum Gasteiger partial charge on any atom is -0.462 e. The summed E-state index contributed by atoms with van der Waals surface area (Å²) in [7, 11) is -9.90. The second-order valence-electron chi connectivity index (χ2n) is 25.6.